The molecule has 0 spiro atoms. The van der Waals surface area contributed by atoms with Crippen molar-refractivity contribution < 1.29 is 27.7 Å². The first-order valence-electron chi connectivity index (χ1n) is 14.3. The van der Waals surface area contributed by atoms with E-state index in [0.29, 0.717) is 25.3 Å². The number of nitrogens with one attached hydrogen (secondary N) is 1. The molecular weight excluding hydrogens is 560 g/mol. The lowest BCUT2D eigenvalue weighted by Crippen LogP contribution is -2.43. The van der Waals surface area contributed by atoms with Gasteiger partial charge in [0.25, 0.3) is 0 Å². The third kappa shape index (κ3) is 9.52. The zero-order valence-electron chi connectivity index (χ0n) is 24.6. The van der Waals surface area contributed by atoms with E-state index >= 15 is 0 Å². The molecule has 1 unspecified atom stereocenters. The first kappa shape index (κ1) is 34.7. The Labute approximate surface area is 241 Å². The molecule has 230 valence electrons. The maximum absolute atomic E-state index is 14.8. The molecule has 1 fully saturated rings. The van der Waals surface area contributed by atoms with Gasteiger partial charge in [-0.05, 0) is 25.2 Å². The van der Waals surface area contributed by atoms with Crippen molar-refractivity contribution in [3.8, 4) is 0 Å². The highest BCUT2D eigenvalue weighted by Crippen LogP contribution is 2.50. The summed E-state index contributed by atoms with van der Waals surface area (Å²) in [5, 5.41) is 3.05. The Bertz CT molecular complexity index is 1030. The van der Waals surface area contributed by atoms with Crippen LogP contribution < -0.4 is 16.5 Å². The van der Waals surface area contributed by atoms with Crippen molar-refractivity contribution in [3.63, 3.8) is 0 Å². The van der Waals surface area contributed by atoms with E-state index in [1.807, 2.05) is 11.6 Å². The molecule has 4 atom stereocenters. The molecule has 3 N–H and O–H groups in total. The van der Waals surface area contributed by atoms with Gasteiger partial charge in [0.2, 0.25) is 0 Å². The molecule has 1 aliphatic rings. The highest BCUT2D eigenvalue weighted by Gasteiger charge is 2.40. The number of halogens is 1. The second-order valence-corrected chi connectivity index (χ2v) is 13.2. The highest BCUT2D eigenvalue weighted by atomic mass is 32.2. The van der Waals surface area contributed by atoms with Crippen molar-refractivity contribution >= 4 is 31.2 Å². The monoisotopic (exact) mass is 607 g/mol. The third-order valence-corrected chi connectivity index (χ3v) is 10.6. The number of carbonyl (C=O) groups is 1. The fraction of sp³-hybridized carbons (Fsp3) is 0.808. The van der Waals surface area contributed by atoms with E-state index in [-0.39, 0.29) is 25.0 Å². The van der Waals surface area contributed by atoms with Crippen LogP contribution in [0.4, 0.5) is 10.2 Å². The molecule has 1 aromatic heterocycles. The van der Waals surface area contributed by atoms with Crippen molar-refractivity contribution in [3.05, 3.63) is 22.5 Å². The maximum Gasteiger partial charge on any atom is 0.351 e. The number of ether oxygens (including phenoxy) is 2. The van der Waals surface area contributed by atoms with Gasteiger partial charge in [-0.2, -0.15) is 4.98 Å². The number of nitrogen functional groups attached to an aromatic ring is 1. The first-order chi connectivity index (χ1) is 19.0. The van der Waals surface area contributed by atoms with E-state index in [9.17, 15) is 18.5 Å². The smallest absolute Gasteiger partial charge is 0.351 e. The lowest BCUT2D eigenvalue weighted by molar-refractivity contribution is -0.145. The van der Waals surface area contributed by atoms with Crippen LogP contribution in [0.15, 0.2) is 11.0 Å². The van der Waals surface area contributed by atoms with Crippen LogP contribution in [0.3, 0.4) is 0 Å². The van der Waals surface area contributed by atoms with E-state index in [2.05, 4.69) is 37.8 Å². The molecule has 0 saturated carbocycles. The molecule has 0 amide bonds. The summed E-state index contributed by atoms with van der Waals surface area (Å²) in [5.41, 5.74) is 4.09. The molecule has 2 rings (SSSR count). The predicted octanol–water partition coefficient (Wildman–Crippen LogP) is 4.78. The van der Waals surface area contributed by atoms with Gasteiger partial charge in [0.15, 0.2) is 11.6 Å². The summed E-state index contributed by atoms with van der Waals surface area (Å²) in [6.07, 6.45) is 4.21. The molecule has 0 aromatic carbocycles. The Morgan fingerprint density at radius 3 is 2.33 bits per heavy atom. The number of hydrogen-bond acceptors (Lipinski definition) is 9. The minimum absolute atomic E-state index is 0.0767. The molecule has 2 heterocycles. The van der Waals surface area contributed by atoms with Crippen LogP contribution in [-0.4, -0.2) is 63.7 Å². The number of esters is 1. The summed E-state index contributed by atoms with van der Waals surface area (Å²) >= 11 is 1.35. The topological polar surface area (TPSA) is 138 Å². The van der Waals surface area contributed by atoms with Gasteiger partial charge in [0, 0.05) is 18.8 Å². The van der Waals surface area contributed by atoms with E-state index in [1.165, 1.54) is 11.8 Å². The molecule has 40 heavy (non-hydrogen) atoms. The summed E-state index contributed by atoms with van der Waals surface area (Å²) < 4.78 is 49.1. The van der Waals surface area contributed by atoms with Crippen LogP contribution in [0.1, 0.15) is 79.9 Å². The number of nitrogens with zero attached hydrogens (tertiary/aromatic N) is 3. The van der Waals surface area contributed by atoms with Crippen LogP contribution >= 0.6 is 19.4 Å². The van der Waals surface area contributed by atoms with Crippen molar-refractivity contribution in [2.24, 2.45) is 11.8 Å². The minimum Gasteiger partial charge on any atom is -0.465 e. The van der Waals surface area contributed by atoms with E-state index in [1.54, 1.807) is 6.92 Å². The van der Waals surface area contributed by atoms with Gasteiger partial charge in [-0.3, -0.25) is 13.9 Å². The van der Waals surface area contributed by atoms with Gasteiger partial charge in [0.05, 0.1) is 19.4 Å². The van der Waals surface area contributed by atoms with Crippen LogP contribution in [-0.2, 0) is 23.4 Å². The average Bonchev–Trinajstić information content (AvgIpc) is 3.41. The Kier molecular flexibility index (Phi) is 14.6. The number of nitrogens with two attached hydrogens (primary N) is 1. The van der Waals surface area contributed by atoms with Gasteiger partial charge in [0.1, 0.15) is 17.7 Å². The van der Waals surface area contributed by atoms with Gasteiger partial charge >= 0.3 is 19.3 Å². The van der Waals surface area contributed by atoms with Crippen LogP contribution in [0, 0.1) is 17.7 Å². The minimum atomic E-state index is -3.78. The maximum atomic E-state index is 14.8. The molecular formula is C26H47FN5O6PS. The van der Waals surface area contributed by atoms with Crippen molar-refractivity contribution in [1.29, 1.82) is 0 Å². The largest absolute Gasteiger partial charge is 0.465 e. The quantitative estimate of drug-likeness (QED) is 0.176. The summed E-state index contributed by atoms with van der Waals surface area (Å²) in [4.78, 5) is 28.5. The SMILES string of the molecule is CCOC(=O)[C@H](CC)NP(=O)(OC[C@@H]1O[C@H](n2cc(F)c(N)nc2=O)CS1)N(CC(CC)CC)CC(CC)CC. The van der Waals surface area contributed by atoms with E-state index in [4.69, 9.17) is 19.7 Å². The fourth-order valence-corrected chi connectivity index (χ4v) is 7.84. The van der Waals surface area contributed by atoms with Gasteiger partial charge < -0.3 is 19.7 Å². The molecule has 0 radical (unpaired) electrons. The molecule has 1 saturated heterocycles. The van der Waals surface area contributed by atoms with E-state index in [0.717, 1.165) is 36.4 Å². The number of anilines is 1. The summed E-state index contributed by atoms with van der Waals surface area (Å²) in [6, 6.07) is -0.816. The standard InChI is InChI=1S/C26H47FN5O6PS/c1-7-18(8-2)13-31(14-19(9-3)10-4)39(35,30-21(11-5)25(33)36-12-6)37-16-23-38-22(17-40-23)32-15-20(27)24(28)29-26(32)34/h15,18-19,21-23H,7-14,16-17H2,1-6H3,(H,30,35)(H2,28,29,34)/t21-,22-,23+,39?/m0/s1. The summed E-state index contributed by atoms with van der Waals surface area (Å²) in [6.45, 7) is 13.2. The second kappa shape index (κ2) is 16.8. The first-order valence-corrected chi connectivity index (χ1v) is 16.9. The van der Waals surface area contributed by atoms with E-state index < -0.39 is 48.7 Å². The predicted molar refractivity (Wildman–Crippen MR) is 156 cm³/mol. The van der Waals surface area contributed by atoms with Crippen molar-refractivity contribution in [1.82, 2.24) is 19.3 Å². The lowest BCUT2D eigenvalue weighted by atomic mass is 10.0. The highest BCUT2D eigenvalue weighted by molar-refractivity contribution is 8.00. The molecule has 1 aromatic rings. The van der Waals surface area contributed by atoms with Gasteiger partial charge in [-0.15, -0.1) is 11.8 Å². The van der Waals surface area contributed by atoms with Gasteiger partial charge in [-0.25, -0.2) is 18.9 Å². The number of carbonyl (C=O) groups excluding carboxylic acids is 1. The number of aromatic nitrogens is 2. The fourth-order valence-electron chi connectivity index (χ4n) is 4.43. The Hall–Kier alpha value is -1.50. The van der Waals surface area contributed by atoms with Gasteiger partial charge in [-0.1, -0.05) is 60.3 Å². The molecule has 1 aliphatic heterocycles. The van der Waals surface area contributed by atoms with Crippen LogP contribution in [0.2, 0.25) is 0 Å². The zero-order valence-corrected chi connectivity index (χ0v) is 26.3. The second-order valence-electron chi connectivity index (χ2n) is 9.91. The number of rotatable bonds is 18. The number of hydrogen-bond donors (Lipinski definition) is 2. The Morgan fingerprint density at radius 1 is 1.20 bits per heavy atom. The van der Waals surface area contributed by atoms with Crippen molar-refractivity contribution in [2.75, 3.05) is 37.8 Å². The summed E-state index contributed by atoms with van der Waals surface area (Å²) in [7, 11) is -3.78. The zero-order chi connectivity index (χ0) is 29.9. The molecule has 11 nitrogen and oxygen atoms in total. The Balaban J connectivity index is 2.32. The van der Waals surface area contributed by atoms with Crippen LogP contribution in [0.5, 0.6) is 0 Å². The molecule has 14 heteroatoms. The normalized spacial score (nSPS) is 19.9. The van der Waals surface area contributed by atoms with Crippen LogP contribution in [0.25, 0.3) is 0 Å². The third-order valence-electron chi connectivity index (χ3n) is 7.28. The summed E-state index contributed by atoms with van der Waals surface area (Å²) in [5.74, 6) is -0.857. The van der Waals surface area contributed by atoms with Crippen molar-refractivity contribution in [2.45, 2.75) is 91.4 Å². The molecule has 0 bridgehead atoms. The molecule has 0 aliphatic carbocycles. The number of thioether (sulfide) groups is 1. The Morgan fingerprint density at radius 2 is 1.80 bits per heavy atom. The average molecular weight is 608 g/mol. The lowest BCUT2D eigenvalue weighted by Gasteiger charge is -2.37.